The molecule has 8 heteroatoms. The molecule has 0 radical (unpaired) electrons. The van der Waals surface area contributed by atoms with E-state index in [-0.39, 0.29) is 0 Å². The Bertz CT molecular complexity index is 3570. The third-order valence-electron chi connectivity index (χ3n) is 11.2. The molecule has 0 N–H and O–H groups in total. The highest BCUT2D eigenvalue weighted by Gasteiger charge is 2.20. The van der Waals surface area contributed by atoms with Crippen LogP contribution in [0.25, 0.3) is 122 Å². The molecule has 0 saturated carbocycles. The van der Waals surface area contributed by atoms with Crippen molar-refractivity contribution in [3.8, 4) is 79.5 Å². The Morgan fingerprint density at radius 3 is 1.40 bits per heavy atom. The zero-order valence-electron chi connectivity index (χ0n) is 33.0. The van der Waals surface area contributed by atoms with Gasteiger partial charge in [0.1, 0.15) is 11.2 Å². The highest BCUT2D eigenvalue weighted by molar-refractivity contribution is 7.26. The third-order valence-corrected chi connectivity index (χ3v) is 12.3. The van der Waals surface area contributed by atoms with Crippen LogP contribution in [0.2, 0.25) is 0 Å². The van der Waals surface area contributed by atoms with Crippen LogP contribution in [0.5, 0.6) is 0 Å². The van der Waals surface area contributed by atoms with Gasteiger partial charge in [0.15, 0.2) is 34.9 Å². The summed E-state index contributed by atoms with van der Waals surface area (Å²) >= 11 is 1.78. The lowest BCUT2D eigenvalue weighted by Crippen LogP contribution is -2.00. The molecule has 290 valence electrons. The minimum absolute atomic E-state index is 0.557. The molecule has 8 aromatic carbocycles. The van der Waals surface area contributed by atoms with Gasteiger partial charge in [-0.3, -0.25) is 0 Å². The van der Waals surface area contributed by atoms with Crippen molar-refractivity contribution < 1.29 is 4.42 Å². The SMILES string of the molecule is c1ccc(-c2nc(-c3ccc(-c4ccc5c(c4)sc4cccc(-c6nc(-c7ccccc7)nc(-c7ccccc7)n6)c45)cc3)nc(-c3cccc4c3oc3ccccc34)n2)cc1. The standard InChI is InChI=1S/C54H32N6OS/c1-4-14-34(15-5-1)49-55-50(35-16-6-2-7-17-35)58-53(57-49)42-22-13-25-45-47(42)41-31-30-38(32-46(41)62-45)33-26-28-37(29-27-33)52-56-51(36-18-8-3-9-19-36)59-54(60-52)43-23-12-21-40-39-20-10-11-24-44(39)61-48(40)43/h1-32H. The van der Waals surface area contributed by atoms with Crippen molar-refractivity contribution in [2.24, 2.45) is 0 Å². The average Bonchev–Trinajstić information content (AvgIpc) is 3.93. The zero-order valence-corrected chi connectivity index (χ0v) is 33.8. The lowest BCUT2D eigenvalue weighted by atomic mass is 10.0. The molecular weight excluding hydrogens is 781 g/mol. The number of furan rings is 1. The molecule has 0 spiro atoms. The maximum atomic E-state index is 6.41. The summed E-state index contributed by atoms with van der Waals surface area (Å²) in [5, 5.41) is 4.38. The molecule has 62 heavy (non-hydrogen) atoms. The fourth-order valence-corrected chi connectivity index (χ4v) is 9.37. The van der Waals surface area contributed by atoms with Crippen molar-refractivity contribution in [3.63, 3.8) is 0 Å². The number of para-hydroxylation sites is 2. The van der Waals surface area contributed by atoms with E-state index in [1.54, 1.807) is 11.3 Å². The molecule has 0 amide bonds. The van der Waals surface area contributed by atoms with Gasteiger partial charge in [-0.1, -0.05) is 170 Å². The monoisotopic (exact) mass is 812 g/mol. The summed E-state index contributed by atoms with van der Waals surface area (Å²) in [4.78, 5) is 30.1. The molecule has 0 bridgehead atoms. The molecule has 0 aliphatic heterocycles. The first-order chi connectivity index (χ1) is 30.7. The van der Waals surface area contributed by atoms with E-state index in [0.29, 0.717) is 34.9 Å². The Balaban J connectivity index is 0.928. The molecular formula is C54H32N6OS. The van der Waals surface area contributed by atoms with Gasteiger partial charge in [-0.05, 0) is 35.4 Å². The van der Waals surface area contributed by atoms with E-state index >= 15 is 0 Å². The number of nitrogens with zero attached hydrogens (tertiary/aromatic N) is 6. The van der Waals surface area contributed by atoms with E-state index in [1.165, 1.54) is 9.40 Å². The highest BCUT2D eigenvalue weighted by Crippen LogP contribution is 2.42. The molecule has 12 rings (SSSR count). The second kappa shape index (κ2) is 14.8. The predicted octanol–water partition coefficient (Wildman–Crippen LogP) is 14.0. The number of hydrogen-bond donors (Lipinski definition) is 0. The van der Waals surface area contributed by atoms with Gasteiger partial charge in [0, 0.05) is 58.8 Å². The van der Waals surface area contributed by atoms with Crippen LogP contribution in [-0.4, -0.2) is 29.9 Å². The summed E-state index contributed by atoms with van der Waals surface area (Å²) in [6, 6.07) is 66.0. The molecule has 0 fully saturated rings. The quantitative estimate of drug-likeness (QED) is 0.158. The van der Waals surface area contributed by atoms with E-state index in [9.17, 15) is 0 Å². The Morgan fingerprint density at radius 2 is 0.774 bits per heavy atom. The number of aromatic nitrogens is 6. The summed E-state index contributed by atoms with van der Waals surface area (Å²) in [5.41, 5.74) is 9.28. The van der Waals surface area contributed by atoms with Crippen LogP contribution >= 0.6 is 11.3 Å². The summed E-state index contributed by atoms with van der Waals surface area (Å²) in [5.74, 6) is 3.68. The van der Waals surface area contributed by atoms with Gasteiger partial charge in [0.2, 0.25) is 0 Å². The van der Waals surface area contributed by atoms with Crippen LogP contribution in [0.4, 0.5) is 0 Å². The second-order valence-electron chi connectivity index (χ2n) is 15.1. The van der Waals surface area contributed by atoms with Crippen molar-refractivity contribution in [1.82, 2.24) is 29.9 Å². The maximum absolute atomic E-state index is 6.41. The Hall–Kier alpha value is -8.20. The average molecular weight is 813 g/mol. The largest absolute Gasteiger partial charge is 0.455 e. The minimum Gasteiger partial charge on any atom is -0.455 e. The smallest absolute Gasteiger partial charge is 0.167 e. The van der Waals surface area contributed by atoms with E-state index in [1.807, 2.05) is 121 Å². The first-order valence-electron chi connectivity index (χ1n) is 20.4. The topological polar surface area (TPSA) is 90.5 Å². The van der Waals surface area contributed by atoms with E-state index < -0.39 is 0 Å². The third kappa shape index (κ3) is 6.29. The van der Waals surface area contributed by atoms with E-state index in [0.717, 1.165) is 77.2 Å². The van der Waals surface area contributed by atoms with Crippen LogP contribution in [0.3, 0.4) is 0 Å². The van der Waals surface area contributed by atoms with Crippen molar-refractivity contribution in [2.45, 2.75) is 0 Å². The van der Waals surface area contributed by atoms with Crippen molar-refractivity contribution in [2.75, 3.05) is 0 Å². The first kappa shape index (κ1) is 35.7. The van der Waals surface area contributed by atoms with E-state index in [4.69, 9.17) is 34.3 Å². The molecule has 4 aromatic heterocycles. The molecule has 7 nitrogen and oxygen atoms in total. The molecule has 12 aromatic rings. The molecule has 0 atom stereocenters. The van der Waals surface area contributed by atoms with Gasteiger partial charge in [-0.2, -0.15) is 0 Å². The number of thiophene rings is 1. The van der Waals surface area contributed by atoms with Gasteiger partial charge < -0.3 is 4.42 Å². The summed E-state index contributed by atoms with van der Waals surface area (Å²) in [6.45, 7) is 0. The van der Waals surface area contributed by atoms with E-state index in [2.05, 4.69) is 72.8 Å². The van der Waals surface area contributed by atoms with Crippen LogP contribution in [0.1, 0.15) is 0 Å². The highest BCUT2D eigenvalue weighted by atomic mass is 32.1. The van der Waals surface area contributed by atoms with Gasteiger partial charge in [-0.15, -0.1) is 11.3 Å². The zero-order chi connectivity index (χ0) is 41.0. The number of hydrogen-bond acceptors (Lipinski definition) is 8. The van der Waals surface area contributed by atoms with Gasteiger partial charge in [0.25, 0.3) is 0 Å². The van der Waals surface area contributed by atoms with Crippen LogP contribution < -0.4 is 0 Å². The van der Waals surface area contributed by atoms with Crippen LogP contribution in [-0.2, 0) is 0 Å². The second-order valence-corrected chi connectivity index (χ2v) is 16.1. The van der Waals surface area contributed by atoms with Crippen molar-refractivity contribution in [1.29, 1.82) is 0 Å². The molecule has 4 heterocycles. The van der Waals surface area contributed by atoms with Crippen molar-refractivity contribution >= 4 is 53.4 Å². The first-order valence-corrected chi connectivity index (χ1v) is 21.2. The molecule has 0 unspecified atom stereocenters. The summed E-state index contributed by atoms with van der Waals surface area (Å²) in [7, 11) is 0. The lowest BCUT2D eigenvalue weighted by molar-refractivity contribution is 0.669. The number of fused-ring (bicyclic) bond motifs is 6. The van der Waals surface area contributed by atoms with Gasteiger partial charge >= 0.3 is 0 Å². The normalized spacial score (nSPS) is 11.5. The summed E-state index contributed by atoms with van der Waals surface area (Å²) in [6.07, 6.45) is 0. The van der Waals surface area contributed by atoms with Crippen LogP contribution in [0.15, 0.2) is 199 Å². The Morgan fingerprint density at radius 1 is 0.306 bits per heavy atom. The fraction of sp³-hybridized carbons (Fsp3) is 0. The Kier molecular flexibility index (Phi) is 8.53. The fourth-order valence-electron chi connectivity index (χ4n) is 8.20. The molecule has 0 saturated heterocycles. The number of rotatable bonds is 7. The van der Waals surface area contributed by atoms with Gasteiger partial charge in [0.05, 0.1) is 5.56 Å². The molecule has 0 aliphatic carbocycles. The van der Waals surface area contributed by atoms with Crippen LogP contribution in [0, 0.1) is 0 Å². The Labute approximate surface area is 359 Å². The minimum atomic E-state index is 0.557. The number of benzene rings is 8. The van der Waals surface area contributed by atoms with Crippen molar-refractivity contribution in [3.05, 3.63) is 194 Å². The maximum Gasteiger partial charge on any atom is 0.167 e. The van der Waals surface area contributed by atoms with Gasteiger partial charge in [-0.25, -0.2) is 29.9 Å². The molecule has 0 aliphatic rings. The summed E-state index contributed by atoms with van der Waals surface area (Å²) < 4.78 is 8.76. The predicted molar refractivity (Wildman–Crippen MR) is 251 cm³/mol. The lowest BCUT2D eigenvalue weighted by Gasteiger charge is -2.10.